The molecule has 2 N–H and O–H groups in total. The fraction of sp³-hybridized carbons (Fsp3) is 0.250. The molecule has 198 valence electrons. The molecule has 4 aromatic rings. The fourth-order valence-electron chi connectivity index (χ4n) is 4.02. The van der Waals surface area contributed by atoms with E-state index < -0.39 is 24.2 Å². The Morgan fingerprint density at radius 2 is 1.84 bits per heavy atom. The highest BCUT2D eigenvalue weighted by molar-refractivity contribution is 9.10. The minimum atomic E-state index is -1.28. The molecule has 2 aromatic heterocycles. The van der Waals surface area contributed by atoms with Gasteiger partial charge in [0.25, 0.3) is 5.56 Å². The van der Waals surface area contributed by atoms with Gasteiger partial charge in [-0.25, -0.2) is 9.18 Å². The van der Waals surface area contributed by atoms with Gasteiger partial charge in [0.15, 0.2) is 11.3 Å². The molecule has 1 atom stereocenters. The maximum absolute atomic E-state index is 13.7. The molecule has 10 heteroatoms. The Morgan fingerprint density at radius 1 is 1.13 bits per heavy atom. The second kappa shape index (κ2) is 12.3. The van der Waals surface area contributed by atoms with Crippen LogP contribution in [0.4, 0.5) is 4.39 Å². The number of carbonyl (C=O) groups is 1. The van der Waals surface area contributed by atoms with Gasteiger partial charge in [0.1, 0.15) is 17.9 Å². The number of hydrogen-bond donors (Lipinski definition) is 2. The maximum atomic E-state index is 13.7. The Bertz CT molecular complexity index is 1490. The highest BCUT2D eigenvalue weighted by atomic mass is 79.9. The van der Waals surface area contributed by atoms with Crippen molar-refractivity contribution in [1.82, 2.24) is 9.55 Å². The second-order valence-corrected chi connectivity index (χ2v) is 9.34. The Kier molecular flexibility index (Phi) is 8.88. The standard InChI is InChI=1S/C28H26BrFN2O6/c1-2-37-28(36)22-26(38-16-18-6-4-3-5-7-18)24-25(32(27(22)35)14-21(34)15-33)23(29)19(13-31-24)12-17-8-10-20(30)11-9-17/h3-11,13,21,33-34H,2,12,14-16H2,1H3. The molecule has 0 radical (unpaired) electrons. The van der Waals surface area contributed by atoms with Gasteiger partial charge in [-0.2, -0.15) is 0 Å². The Morgan fingerprint density at radius 3 is 2.50 bits per heavy atom. The predicted octanol–water partition coefficient (Wildman–Crippen LogP) is 4.00. The molecule has 8 nitrogen and oxygen atoms in total. The number of esters is 1. The molecule has 0 saturated carbocycles. The van der Waals surface area contributed by atoms with E-state index in [2.05, 4.69) is 20.9 Å². The normalized spacial score (nSPS) is 11.9. The Hall–Kier alpha value is -3.60. The molecule has 1 unspecified atom stereocenters. The summed E-state index contributed by atoms with van der Waals surface area (Å²) in [6.45, 7) is 0.796. The van der Waals surface area contributed by atoms with E-state index in [4.69, 9.17) is 9.47 Å². The average molecular weight is 585 g/mol. The van der Waals surface area contributed by atoms with Crippen molar-refractivity contribution in [2.24, 2.45) is 0 Å². The van der Waals surface area contributed by atoms with Crippen LogP contribution in [-0.4, -0.2) is 45.1 Å². The van der Waals surface area contributed by atoms with Crippen molar-refractivity contribution in [1.29, 1.82) is 0 Å². The number of aliphatic hydroxyl groups is 2. The van der Waals surface area contributed by atoms with Crippen LogP contribution >= 0.6 is 15.9 Å². The third-order valence-corrected chi connectivity index (χ3v) is 6.74. The number of hydrogen-bond acceptors (Lipinski definition) is 7. The van der Waals surface area contributed by atoms with Gasteiger partial charge in [-0.15, -0.1) is 0 Å². The van der Waals surface area contributed by atoms with Crippen LogP contribution in [0, 0.1) is 5.82 Å². The number of carbonyl (C=O) groups excluding carboxylic acids is 1. The number of halogens is 2. The predicted molar refractivity (Wildman–Crippen MR) is 143 cm³/mol. The third kappa shape index (κ3) is 5.93. The largest absolute Gasteiger partial charge is 0.485 e. The monoisotopic (exact) mass is 584 g/mol. The number of pyridine rings is 2. The molecule has 2 aromatic carbocycles. The van der Waals surface area contributed by atoms with Crippen molar-refractivity contribution in [3.05, 3.63) is 104 Å². The molecular formula is C28H26BrFN2O6. The number of aromatic nitrogens is 2. The first kappa shape index (κ1) is 27.4. The lowest BCUT2D eigenvalue weighted by Gasteiger charge is -2.20. The first-order chi connectivity index (χ1) is 18.3. The summed E-state index contributed by atoms with van der Waals surface area (Å²) < 4.78 is 26.3. The minimum Gasteiger partial charge on any atom is -0.485 e. The van der Waals surface area contributed by atoms with Crippen molar-refractivity contribution in [3.63, 3.8) is 0 Å². The van der Waals surface area contributed by atoms with Gasteiger partial charge in [-0.1, -0.05) is 42.5 Å². The van der Waals surface area contributed by atoms with Gasteiger partial charge in [0.05, 0.1) is 31.4 Å². The number of nitrogens with zero attached hydrogens (tertiary/aromatic N) is 2. The number of benzene rings is 2. The van der Waals surface area contributed by atoms with E-state index in [1.54, 1.807) is 25.3 Å². The zero-order chi connectivity index (χ0) is 27.2. The number of ether oxygens (including phenoxy) is 2. The topological polar surface area (TPSA) is 111 Å². The SMILES string of the molecule is CCOC(=O)c1c(OCc2ccccc2)c2ncc(Cc3ccc(F)cc3)c(Br)c2n(CC(O)CO)c1=O. The van der Waals surface area contributed by atoms with Crippen molar-refractivity contribution >= 4 is 32.9 Å². The highest BCUT2D eigenvalue weighted by Crippen LogP contribution is 2.34. The molecule has 0 aliphatic carbocycles. The molecule has 0 saturated heterocycles. The summed E-state index contributed by atoms with van der Waals surface area (Å²) in [5, 5.41) is 19.7. The van der Waals surface area contributed by atoms with Crippen molar-refractivity contribution in [2.75, 3.05) is 13.2 Å². The number of fused-ring (bicyclic) bond motifs is 1. The fourth-order valence-corrected chi connectivity index (χ4v) is 4.67. The van der Waals surface area contributed by atoms with E-state index >= 15 is 0 Å². The molecule has 4 rings (SSSR count). The summed E-state index contributed by atoms with van der Waals surface area (Å²) in [5.74, 6) is -1.29. The van der Waals surface area contributed by atoms with Gasteiger partial charge in [0, 0.05) is 17.1 Å². The smallest absolute Gasteiger partial charge is 0.347 e. The lowest BCUT2D eigenvalue weighted by Crippen LogP contribution is -2.34. The van der Waals surface area contributed by atoms with E-state index in [0.29, 0.717) is 16.5 Å². The van der Waals surface area contributed by atoms with Crippen LogP contribution in [-0.2, 0) is 24.3 Å². The quantitative estimate of drug-likeness (QED) is 0.271. The number of rotatable bonds is 10. The van der Waals surface area contributed by atoms with E-state index in [-0.39, 0.29) is 47.9 Å². The first-order valence-corrected chi connectivity index (χ1v) is 12.7. The van der Waals surface area contributed by atoms with Gasteiger partial charge < -0.3 is 24.3 Å². The van der Waals surface area contributed by atoms with Crippen LogP contribution < -0.4 is 10.3 Å². The third-order valence-electron chi connectivity index (χ3n) is 5.85. The lowest BCUT2D eigenvalue weighted by molar-refractivity contribution is 0.0516. The summed E-state index contributed by atoms with van der Waals surface area (Å²) in [6, 6.07) is 15.2. The van der Waals surface area contributed by atoms with Crippen LogP contribution in [0.25, 0.3) is 11.0 Å². The summed E-state index contributed by atoms with van der Waals surface area (Å²) in [7, 11) is 0. The summed E-state index contributed by atoms with van der Waals surface area (Å²) in [6.07, 6.45) is 0.660. The van der Waals surface area contributed by atoms with Gasteiger partial charge in [0.2, 0.25) is 0 Å². The van der Waals surface area contributed by atoms with Crippen molar-refractivity contribution in [2.45, 2.75) is 32.6 Å². The number of aliphatic hydroxyl groups excluding tert-OH is 2. The van der Waals surface area contributed by atoms with Crippen LogP contribution in [0.15, 0.2) is 70.1 Å². The van der Waals surface area contributed by atoms with E-state index in [1.807, 2.05) is 30.3 Å². The molecule has 0 fully saturated rings. The summed E-state index contributed by atoms with van der Waals surface area (Å²) in [4.78, 5) is 31.3. The first-order valence-electron chi connectivity index (χ1n) is 11.9. The highest BCUT2D eigenvalue weighted by Gasteiger charge is 2.28. The Balaban J connectivity index is 1.94. The second-order valence-electron chi connectivity index (χ2n) is 8.55. The molecule has 0 aliphatic rings. The molecule has 0 spiro atoms. The van der Waals surface area contributed by atoms with E-state index in [9.17, 15) is 24.2 Å². The Labute approximate surface area is 226 Å². The van der Waals surface area contributed by atoms with Gasteiger partial charge in [-0.3, -0.25) is 9.78 Å². The zero-order valence-corrected chi connectivity index (χ0v) is 22.2. The van der Waals surface area contributed by atoms with Crippen molar-refractivity contribution < 1.29 is 28.9 Å². The molecule has 0 bridgehead atoms. The van der Waals surface area contributed by atoms with Crippen LogP contribution in [0.2, 0.25) is 0 Å². The van der Waals surface area contributed by atoms with Crippen LogP contribution in [0.1, 0.15) is 34.0 Å². The van der Waals surface area contributed by atoms with Gasteiger partial charge >= 0.3 is 5.97 Å². The van der Waals surface area contributed by atoms with E-state index in [0.717, 1.165) is 11.1 Å². The molecule has 0 amide bonds. The molecule has 38 heavy (non-hydrogen) atoms. The minimum absolute atomic E-state index is 0.0292. The van der Waals surface area contributed by atoms with Crippen LogP contribution in [0.3, 0.4) is 0 Å². The lowest BCUT2D eigenvalue weighted by atomic mass is 10.0. The van der Waals surface area contributed by atoms with Crippen LogP contribution in [0.5, 0.6) is 5.75 Å². The zero-order valence-electron chi connectivity index (χ0n) is 20.6. The van der Waals surface area contributed by atoms with E-state index in [1.165, 1.54) is 16.7 Å². The molecule has 2 heterocycles. The maximum Gasteiger partial charge on any atom is 0.347 e. The van der Waals surface area contributed by atoms with Crippen molar-refractivity contribution in [3.8, 4) is 5.75 Å². The van der Waals surface area contributed by atoms with Gasteiger partial charge in [-0.05, 0) is 51.7 Å². The average Bonchev–Trinajstić information content (AvgIpc) is 2.92. The summed E-state index contributed by atoms with van der Waals surface area (Å²) in [5.41, 5.74) is 1.65. The molecule has 0 aliphatic heterocycles. The summed E-state index contributed by atoms with van der Waals surface area (Å²) >= 11 is 3.58. The molecular weight excluding hydrogens is 559 g/mol.